The monoisotopic (exact) mass is 383 g/mol. The summed E-state index contributed by atoms with van der Waals surface area (Å²) in [6.07, 6.45) is 1.39. The van der Waals surface area contributed by atoms with Crippen LogP contribution in [0.15, 0.2) is 29.5 Å². The number of hydrogen-bond acceptors (Lipinski definition) is 5. The maximum atomic E-state index is 12.5. The van der Waals surface area contributed by atoms with E-state index < -0.39 is 16.9 Å². The molecule has 0 fully saturated rings. The first-order valence-corrected chi connectivity index (χ1v) is 8.59. The summed E-state index contributed by atoms with van der Waals surface area (Å²) in [7, 11) is 0. The number of ether oxygens (including phenoxy) is 1. The van der Waals surface area contributed by atoms with Crippen LogP contribution in [-0.2, 0) is 9.53 Å². The predicted octanol–water partition coefficient (Wildman–Crippen LogP) is 3.38. The molecule has 2 N–H and O–H groups in total. The lowest BCUT2D eigenvalue weighted by atomic mass is 9.93. The molecule has 25 heavy (non-hydrogen) atoms. The van der Waals surface area contributed by atoms with Gasteiger partial charge in [0, 0.05) is 11.8 Å². The van der Waals surface area contributed by atoms with Crippen molar-refractivity contribution in [2.24, 2.45) is 0 Å². The van der Waals surface area contributed by atoms with Gasteiger partial charge >= 0.3 is 5.97 Å². The van der Waals surface area contributed by atoms with E-state index in [1.54, 1.807) is 13.0 Å². The minimum atomic E-state index is -0.648. The summed E-state index contributed by atoms with van der Waals surface area (Å²) in [5.74, 6) is -0.490. The Labute approximate surface area is 155 Å². The lowest BCUT2D eigenvalue weighted by molar-refractivity contribution is -0.384. The van der Waals surface area contributed by atoms with Crippen LogP contribution in [0.2, 0.25) is 5.02 Å². The van der Waals surface area contributed by atoms with E-state index in [9.17, 15) is 14.9 Å². The van der Waals surface area contributed by atoms with E-state index in [0.717, 1.165) is 6.42 Å². The van der Waals surface area contributed by atoms with Crippen molar-refractivity contribution in [2.45, 2.75) is 32.7 Å². The first-order valence-electron chi connectivity index (χ1n) is 7.80. The van der Waals surface area contributed by atoms with Crippen molar-refractivity contribution in [1.82, 2.24) is 10.6 Å². The van der Waals surface area contributed by atoms with Gasteiger partial charge in [-0.1, -0.05) is 31.0 Å². The van der Waals surface area contributed by atoms with Gasteiger partial charge in [0.2, 0.25) is 0 Å². The fraction of sp³-hybridized carbons (Fsp3) is 0.375. The van der Waals surface area contributed by atoms with E-state index in [1.807, 2.05) is 6.92 Å². The van der Waals surface area contributed by atoms with Gasteiger partial charge in [-0.3, -0.25) is 10.1 Å². The maximum Gasteiger partial charge on any atom is 0.338 e. The molecule has 0 saturated heterocycles. The molecular weight excluding hydrogens is 366 g/mol. The van der Waals surface area contributed by atoms with E-state index in [0.29, 0.717) is 28.4 Å². The standard InChI is InChI=1S/C16H18ClN3O4S/c1-3-5-11-13(15(21)24-4-2)14(19-16(25)18-11)9-6-7-10(17)12(8-9)20(22)23/h6-8,14H,3-5H2,1-2H3,(H2,18,19,25). The second-order valence-electron chi connectivity index (χ2n) is 5.36. The summed E-state index contributed by atoms with van der Waals surface area (Å²) in [6, 6.07) is 3.76. The molecular formula is C16H18ClN3O4S. The first kappa shape index (κ1) is 19.1. The lowest BCUT2D eigenvalue weighted by Gasteiger charge is -2.31. The van der Waals surface area contributed by atoms with Gasteiger partial charge in [0.25, 0.3) is 5.69 Å². The van der Waals surface area contributed by atoms with Crippen LogP contribution in [0.1, 0.15) is 38.3 Å². The molecule has 134 valence electrons. The fourth-order valence-electron chi connectivity index (χ4n) is 2.61. The van der Waals surface area contributed by atoms with Gasteiger partial charge in [-0.2, -0.15) is 0 Å². The largest absolute Gasteiger partial charge is 0.463 e. The van der Waals surface area contributed by atoms with E-state index >= 15 is 0 Å². The number of nitrogens with zero attached hydrogens (tertiary/aromatic N) is 1. The number of rotatable bonds is 6. The highest BCUT2D eigenvalue weighted by molar-refractivity contribution is 7.80. The molecule has 1 aromatic rings. The van der Waals surface area contributed by atoms with Gasteiger partial charge in [0.1, 0.15) is 5.02 Å². The molecule has 1 heterocycles. The molecule has 0 amide bonds. The number of benzene rings is 1. The minimum Gasteiger partial charge on any atom is -0.463 e. The number of halogens is 1. The highest BCUT2D eigenvalue weighted by atomic mass is 35.5. The fourth-order valence-corrected chi connectivity index (χ4v) is 3.04. The molecule has 0 saturated carbocycles. The van der Waals surface area contributed by atoms with Gasteiger partial charge in [-0.25, -0.2) is 4.79 Å². The highest BCUT2D eigenvalue weighted by Crippen LogP contribution is 2.33. The molecule has 1 unspecified atom stereocenters. The number of nitro benzene ring substituents is 1. The third-order valence-corrected chi connectivity index (χ3v) is 4.19. The zero-order chi connectivity index (χ0) is 18.6. The molecule has 9 heteroatoms. The number of nitro groups is 1. The Bertz CT molecular complexity index is 751. The molecule has 2 rings (SSSR count). The number of esters is 1. The van der Waals surface area contributed by atoms with Gasteiger partial charge < -0.3 is 15.4 Å². The van der Waals surface area contributed by atoms with Crippen LogP contribution in [0.5, 0.6) is 0 Å². The first-order chi connectivity index (χ1) is 11.9. The van der Waals surface area contributed by atoms with Crippen molar-refractivity contribution in [3.05, 3.63) is 50.2 Å². The van der Waals surface area contributed by atoms with Crippen LogP contribution in [0.4, 0.5) is 5.69 Å². The molecule has 1 aliphatic heterocycles. The summed E-state index contributed by atoms with van der Waals surface area (Å²) >= 11 is 11.1. The van der Waals surface area contributed by atoms with Crippen LogP contribution in [0, 0.1) is 10.1 Å². The van der Waals surface area contributed by atoms with Gasteiger partial charge in [0.15, 0.2) is 5.11 Å². The van der Waals surface area contributed by atoms with Crippen molar-refractivity contribution in [3.63, 3.8) is 0 Å². The summed E-state index contributed by atoms with van der Waals surface area (Å²) < 4.78 is 5.17. The molecule has 0 radical (unpaired) electrons. The second kappa shape index (κ2) is 8.26. The van der Waals surface area contributed by atoms with Crippen molar-refractivity contribution in [3.8, 4) is 0 Å². The Kier molecular flexibility index (Phi) is 6.33. The summed E-state index contributed by atoms with van der Waals surface area (Å²) in [5.41, 5.74) is 1.31. The van der Waals surface area contributed by atoms with E-state index in [4.69, 9.17) is 28.6 Å². The Morgan fingerprint density at radius 1 is 1.44 bits per heavy atom. The highest BCUT2D eigenvalue weighted by Gasteiger charge is 2.33. The average Bonchev–Trinajstić information content (AvgIpc) is 2.55. The molecule has 0 bridgehead atoms. The molecule has 1 aliphatic rings. The number of carbonyl (C=O) groups is 1. The Morgan fingerprint density at radius 3 is 2.76 bits per heavy atom. The molecule has 0 aromatic heterocycles. The van der Waals surface area contributed by atoms with Crippen molar-refractivity contribution < 1.29 is 14.5 Å². The molecule has 1 atom stereocenters. The van der Waals surface area contributed by atoms with Crippen molar-refractivity contribution in [2.75, 3.05) is 6.61 Å². The van der Waals surface area contributed by atoms with Crippen LogP contribution in [0.25, 0.3) is 0 Å². The smallest absolute Gasteiger partial charge is 0.338 e. The van der Waals surface area contributed by atoms with E-state index in [1.165, 1.54) is 12.1 Å². The minimum absolute atomic E-state index is 0.0284. The number of thiocarbonyl (C=S) groups is 1. The van der Waals surface area contributed by atoms with Crippen LogP contribution in [0.3, 0.4) is 0 Å². The zero-order valence-corrected chi connectivity index (χ0v) is 15.4. The zero-order valence-electron chi connectivity index (χ0n) is 13.8. The lowest BCUT2D eigenvalue weighted by Crippen LogP contribution is -2.45. The van der Waals surface area contributed by atoms with Gasteiger partial charge in [-0.05, 0) is 37.2 Å². The predicted molar refractivity (Wildman–Crippen MR) is 98.3 cm³/mol. The molecule has 0 aliphatic carbocycles. The molecule has 7 nitrogen and oxygen atoms in total. The topological polar surface area (TPSA) is 93.5 Å². The third kappa shape index (κ3) is 4.26. The summed E-state index contributed by atoms with van der Waals surface area (Å²) in [4.78, 5) is 23.1. The summed E-state index contributed by atoms with van der Waals surface area (Å²) in [6.45, 7) is 3.92. The van der Waals surface area contributed by atoms with E-state index in [2.05, 4.69) is 10.6 Å². The number of hydrogen-bond donors (Lipinski definition) is 2. The number of allylic oxidation sites excluding steroid dienone is 1. The van der Waals surface area contributed by atoms with Crippen LogP contribution >= 0.6 is 23.8 Å². The van der Waals surface area contributed by atoms with Crippen LogP contribution < -0.4 is 10.6 Å². The normalized spacial score (nSPS) is 16.9. The molecule has 0 spiro atoms. The van der Waals surface area contributed by atoms with Crippen molar-refractivity contribution >= 4 is 40.6 Å². The Balaban J connectivity index is 2.57. The Hall–Kier alpha value is -2.19. The SMILES string of the molecule is CCCC1=C(C(=O)OCC)C(c2ccc(Cl)c([N+](=O)[O-])c2)NC(=S)N1. The molecule has 1 aromatic carbocycles. The third-order valence-electron chi connectivity index (χ3n) is 3.65. The van der Waals surface area contributed by atoms with Crippen molar-refractivity contribution in [1.29, 1.82) is 0 Å². The van der Waals surface area contributed by atoms with Crippen LogP contribution in [-0.4, -0.2) is 22.6 Å². The number of nitrogens with one attached hydrogen (secondary N) is 2. The van der Waals surface area contributed by atoms with Gasteiger partial charge in [-0.15, -0.1) is 0 Å². The average molecular weight is 384 g/mol. The second-order valence-corrected chi connectivity index (χ2v) is 6.18. The van der Waals surface area contributed by atoms with E-state index in [-0.39, 0.29) is 17.3 Å². The quantitative estimate of drug-likeness (QED) is 0.336. The Morgan fingerprint density at radius 2 is 2.16 bits per heavy atom. The number of carbonyl (C=O) groups excluding carboxylic acids is 1. The van der Waals surface area contributed by atoms with Gasteiger partial charge in [0.05, 0.1) is 23.1 Å². The maximum absolute atomic E-state index is 12.5. The summed E-state index contributed by atoms with van der Waals surface area (Å²) in [5, 5.41) is 17.5.